The van der Waals surface area contributed by atoms with E-state index in [4.69, 9.17) is 0 Å². The maximum Gasteiger partial charge on any atom is 0.285 e. The number of carbonyl (C=O) groups excluding carboxylic acids is 1. The van der Waals surface area contributed by atoms with Gasteiger partial charge in [-0.2, -0.15) is 11.8 Å². The van der Waals surface area contributed by atoms with Crippen LogP contribution in [-0.2, 0) is 17.1 Å². The summed E-state index contributed by atoms with van der Waals surface area (Å²) in [5.74, 6) is 1.25. The summed E-state index contributed by atoms with van der Waals surface area (Å²) in [4.78, 5) is 33.6. The molecule has 1 aromatic carbocycles. The average Bonchev–Trinajstić information content (AvgIpc) is 2.58. The molecule has 0 saturated carbocycles. The molecule has 0 fully saturated rings. The van der Waals surface area contributed by atoms with E-state index in [1.54, 1.807) is 11.8 Å². The van der Waals surface area contributed by atoms with Gasteiger partial charge in [-0.1, -0.05) is 29.8 Å². The number of pyridine rings is 1. The van der Waals surface area contributed by atoms with Gasteiger partial charge in [0.25, 0.3) is 11.2 Å². The Morgan fingerprint density at radius 3 is 2.64 bits per heavy atom. The number of thioether (sulfide) groups is 1. The number of hydrogen-bond acceptors (Lipinski definition) is 5. The molecular weight excluding hydrogens is 342 g/mol. The predicted molar refractivity (Wildman–Crippen MR) is 97.7 cm³/mol. The number of benzene rings is 1. The van der Waals surface area contributed by atoms with Crippen molar-refractivity contribution in [1.29, 1.82) is 0 Å². The molecule has 1 N–H and O–H groups in total. The van der Waals surface area contributed by atoms with Crippen molar-refractivity contribution in [1.82, 2.24) is 9.88 Å². The Morgan fingerprint density at radius 1 is 1.24 bits per heavy atom. The Morgan fingerprint density at radius 2 is 1.96 bits per heavy atom. The van der Waals surface area contributed by atoms with Crippen LogP contribution in [0.4, 0.5) is 5.69 Å². The van der Waals surface area contributed by atoms with E-state index >= 15 is 0 Å². The van der Waals surface area contributed by atoms with E-state index in [9.17, 15) is 19.7 Å². The maximum atomic E-state index is 11.9. The molecule has 0 radical (unpaired) electrons. The molecule has 1 amide bonds. The molecule has 1 heterocycles. The van der Waals surface area contributed by atoms with Gasteiger partial charge in [-0.3, -0.25) is 24.3 Å². The number of aryl methyl sites for hydroxylation is 1. The van der Waals surface area contributed by atoms with Crippen molar-refractivity contribution in [2.75, 3.05) is 12.3 Å². The Kier molecular flexibility index (Phi) is 6.76. The van der Waals surface area contributed by atoms with Crippen LogP contribution in [0.25, 0.3) is 0 Å². The van der Waals surface area contributed by atoms with E-state index in [1.165, 1.54) is 11.1 Å². The van der Waals surface area contributed by atoms with Crippen LogP contribution in [0.15, 0.2) is 47.4 Å². The standard InChI is InChI=1S/C17H19N3O4S/c1-13-2-4-14(5-3-13)12-25-9-8-18-16(21)11-19-10-15(20(23)24)6-7-17(19)22/h2-7,10H,8-9,11-12H2,1H3,(H,18,21). The topological polar surface area (TPSA) is 94.2 Å². The van der Waals surface area contributed by atoms with Crippen LogP contribution in [0, 0.1) is 17.0 Å². The molecule has 8 heteroatoms. The molecule has 0 bridgehead atoms. The van der Waals surface area contributed by atoms with Crippen LogP contribution in [0.1, 0.15) is 11.1 Å². The average molecular weight is 361 g/mol. The highest BCUT2D eigenvalue weighted by atomic mass is 32.2. The fourth-order valence-electron chi connectivity index (χ4n) is 2.10. The molecule has 7 nitrogen and oxygen atoms in total. The van der Waals surface area contributed by atoms with Gasteiger partial charge in [0, 0.05) is 30.2 Å². The molecule has 0 unspecified atom stereocenters. The molecule has 0 aliphatic carbocycles. The summed E-state index contributed by atoms with van der Waals surface area (Å²) >= 11 is 1.70. The van der Waals surface area contributed by atoms with Crippen LogP contribution < -0.4 is 10.9 Å². The first-order valence-electron chi connectivity index (χ1n) is 7.70. The Hall–Kier alpha value is -2.61. The van der Waals surface area contributed by atoms with Crippen molar-refractivity contribution >= 4 is 23.4 Å². The highest BCUT2D eigenvalue weighted by molar-refractivity contribution is 7.98. The van der Waals surface area contributed by atoms with Crippen molar-refractivity contribution in [2.24, 2.45) is 0 Å². The van der Waals surface area contributed by atoms with E-state index in [1.807, 2.05) is 6.92 Å². The summed E-state index contributed by atoms with van der Waals surface area (Å²) in [7, 11) is 0. The lowest BCUT2D eigenvalue weighted by Gasteiger charge is -2.07. The lowest BCUT2D eigenvalue weighted by molar-refractivity contribution is -0.385. The van der Waals surface area contributed by atoms with Crippen LogP contribution in [0.2, 0.25) is 0 Å². The van der Waals surface area contributed by atoms with Crippen molar-refractivity contribution in [3.63, 3.8) is 0 Å². The van der Waals surface area contributed by atoms with Gasteiger partial charge in [0.1, 0.15) is 6.54 Å². The molecule has 0 aliphatic heterocycles. The van der Waals surface area contributed by atoms with E-state index in [2.05, 4.69) is 29.6 Å². The van der Waals surface area contributed by atoms with Gasteiger partial charge < -0.3 is 5.32 Å². The van der Waals surface area contributed by atoms with E-state index in [0.717, 1.165) is 34.4 Å². The SMILES string of the molecule is Cc1ccc(CSCCNC(=O)Cn2cc([N+](=O)[O-])ccc2=O)cc1. The Labute approximate surface area is 149 Å². The fourth-order valence-corrected chi connectivity index (χ4v) is 2.92. The molecule has 25 heavy (non-hydrogen) atoms. The molecule has 0 spiro atoms. The smallest absolute Gasteiger partial charge is 0.285 e. The Balaban J connectivity index is 1.74. The molecule has 2 aromatic rings. The summed E-state index contributed by atoms with van der Waals surface area (Å²) in [5.41, 5.74) is 1.78. The molecule has 0 atom stereocenters. The quantitative estimate of drug-likeness (QED) is 0.441. The normalized spacial score (nSPS) is 10.4. The zero-order chi connectivity index (χ0) is 18.2. The summed E-state index contributed by atoms with van der Waals surface area (Å²) in [6.07, 6.45) is 1.08. The second kappa shape index (κ2) is 9.03. The van der Waals surface area contributed by atoms with E-state index in [0.29, 0.717) is 6.54 Å². The van der Waals surface area contributed by atoms with Crippen LogP contribution in [-0.4, -0.2) is 27.7 Å². The third kappa shape index (κ3) is 6.07. The lowest BCUT2D eigenvalue weighted by Crippen LogP contribution is -2.33. The molecular formula is C17H19N3O4S. The first-order chi connectivity index (χ1) is 12.0. The molecule has 0 aliphatic rings. The second-order valence-electron chi connectivity index (χ2n) is 5.50. The van der Waals surface area contributed by atoms with E-state index in [-0.39, 0.29) is 18.1 Å². The molecule has 132 valence electrons. The number of nitro groups is 1. The third-order valence-corrected chi connectivity index (χ3v) is 4.48. The third-order valence-electron chi connectivity index (χ3n) is 3.45. The Bertz CT molecular complexity index is 802. The summed E-state index contributed by atoms with van der Waals surface area (Å²) < 4.78 is 1.03. The predicted octanol–water partition coefficient (Wildman–Crippen LogP) is 2.11. The van der Waals surface area contributed by atoms with Crippen LogP contribution in [0.3, 0.4) is 0 Å². The number of hydrogen-bond donors (Lipinski definition) is 1. The number of nitrogens with zero attached hydrogens (tertiary/aromatic N) is 2. The lowest BCUT2D eigenvalue weighted by atomic mass is 10.2. The largest absolute Gasteiger partial charge is 0.354 e. The van der Waals surface area contributed by atoms with Crippen molar-refractivity contribution < 1.29 is 9.72 Å². The minimum Gasteiger partial charge on any atom is -0.354 e. The number of carbonyl (C=O) groups is 1. The highest BCUT2D eigenvalue weighted by Crippen LogP contribution is 2.12. The highest BCUT2D eigenvalue weighted by Gasteiger charge is 2.10. The summed E-state index contributed by atoms with van der Waals surface area (Å²) in [6, 6.07) is 10.5. The number of nitrogens with one attached hydrogen (secondary N) is 1. The molecule has 0 saturated heterocycles. The first kappa shape index (κ1) is 18.7. The summed E-state index contributed by atoms with van der Waals surface area (Å²) in [6.45, 7) is 2.28. The zero-order valence-corrected chi connectivity index (χ0v) is 14.6. The summed E-state index contributed by atoms with van der Waals surface area (Å²) in [5, 5.41) is 13.4. The van der Waals surface area contributed by atoms with Gasteiger partial charge in [0.15, 0.2) is 0 Å². The molecule has 2 rings (SSSR count). The van der Waals surface area contributed by atoms with Crippen molar-refractivity contribution in [3.05, 3.63) is 74.2 Å². The first-order valence-corrected chi connectivity index (χ1v) is 8.86. The van der Waals surface area contributed by atoms with Crippen molar-refractivity contribution in [2.45, 2.75) is 19.2 Å². The van der Waals surface area contributed by atoms with Gasteiger partial charge >= 0.3 is 0 Å². The van der Waals surface area contributed by atoms with Gasteiger partial charge in [-0.05, 0) is 12.5 Å². The van der Waals surface area contributed by atoms with Gasteiger partial charge in [0.2, 0.25) is 5.91 Å². The van der Waals surface area contributed by atoms with Gasteiger partial charge in [0.05, 0.1) is 11.1 Å². The van der Waals surface area contributed by atoms with Crippen LogP contribution in [0.5, 0.6) is 0 Å². The molecule has 1 aromatic heterocycles. The fraction of sp³-hybridized carbons (Fsp3) is 0.294. The number of amides is 1. The number of aromatic nitrogens is 1. The maximum absolute atomic E-state index is 11.9. The number of rotatable bonds is 8. The zero-order valence-electron chi connectivity index (χ0n) is 13.8. The van der Waals surface area contributed by atoms with E-state index < -0.39 is 10.5 Å². The monoisotopic (exact) mass is 361 g/mol. The second-order valence-corrected chi connectivity index (χ2v) is 6.60. The van der Waals surface area contributed by atoms with Gasteiger partial charge in [-0.15, -0.1) is 0 Å². The van der Waals surface area contributed by atoms with Crippen molar-refractivity contribution in [3.8, 4) is 0 Å². The minimum atomic E-state index is -0.602. The van der Waals surface area contributed by atoms with Gasteiger partial charge in [-0.25, -0.2) is 0 Å². The van der Waals surface area contributed by atoms with Crippen LogP contribution >= 0.6 is 11.8 Å². The minimum absolute atomic E-state index is 0.221.